The standard InChI is InChI=1S/C90H165O25P/c1-5-9-13-17-21-25-29-33-35-37-40-43-46-50-54-58-62-73(92)106-67-70(109-75(94)64-60-56-52-48-44-39-32-28-24-20-16-12-8-4)68-108-116(104,105)115-88-86(113-89-83(102)79(98)77(96)71(66-91)110-89)82(101)81(100)85(112-76(95)65-61-57-53-49-45-41-36-34-30-26-22-18-14-10-6-2)87(88)114-90-84(103)80(99)78(97)72(111-90)69-107-74(93)63-59-55-51-47-42-38-31-27-23-19-15-11-7-3/h26,30,38,42,70-72,77-91,96-103H,5-25,27-29,31-37,39-41,43-69H2,1-4H3,(H,104,105)/b30-26-,42-38-. The fourth-order valence-electron chi connectivity index (χ4n) is 15.2. The zero-order chi connectivity index (χ0) is 84.7. The molecule has 10 N–H and O–H groups in total. The van der Waals surface area contributed by atoms with Gasteiger partial charge in [-0.05, 0) is 77.0 Å². The molecule has 2 saturated heterocycles. The highest BCUT2D eigenvalue weighted by molar-refractivity contribution is 7.47. The maximum atomic E-state index is 14.9. The molecule has 0 aromatic carbocycles. The van der Waals surface area contributed by atoms with E-state index in [0.29, 0.717) is 38.5 Å². The monoisotopic (exact) mass is 1680 g/mol. The summed E-state index contributed by atoms with van der Waals surface area (Å²) in [7, 11) is -5.81. The van der Waals surface area contributed by atoms with Gasteiger partial charge in [0.2, 0.25) is 0 Å². The zero-order valence-electron chi connectivity index (χ0n) is 72.3. The van der Waals surface area contributed by atoms with Crippen LogP contribution in [0.1, 0.15) is 394 Å². The van der Waals surface area contributed by atoms with Crippen LogP contribution in [0.15, 0.2) is 24.3 Å². The second-order valence-corrected chi connectivity index (χ2v) is 34.6. The first-order chi connectivity index (χ1) is 56.2. The summed E-state index contributed by atoms with van der Waals surface area (Å²) in [5, 5.41) is 102. The number of esters is 4. The van der Waals surface area contributed by atoms with Crippen LogP contribution in [0, 0.1) is 0 Å². The number of aliphatic hydroxyl groups excluding tert-OH is 9. The second-order valence-electron chi connectivity index (χ2n) is 33.2. The molecule has 0 aromatic heterocycles. The van der Waals surface area contributed by atoms with Crippen LogP contribution in [0.5, 0.6) is 0 Å². The molecule has 0 bridgehead atoms. The van der Waals surface area contributed by atoms with Crippen LogP contribution >= 0.6 is 7.82 Å². The molecular formula is C90H165O25P. The summed E-state index contributed by atoms with van der Waals surface area (Å²) in [4.78, 5) is 66.4. The number of hydrogen-bond donors (Lipinski definition) is 10. The van der Waals surface area contributed by atoms with Crippen LogP contribution in [-0.4, -0.2) is 205 Å². The van der Waals surface area contributed by atoms with Gasteiger partial charge in [0.1, 0.15) is 92.6 Å². The maximum Gasteiger partial charge on any atom is 0.472 e. The van der Waals surface area contributed by atoms with Gasteiger partial charge in [-0.2, -0.15) is 0 Å². The third-order valence-corrected chi connectivity index (χ3v) is 23.7. The van der Waals surface area contributed by atoms with Crippen molar-refractivity contribution in [2.75, 3.05) is 26.4 Å². The number of unbranched alkanes of at least 4 members (excludes halogenated alkanes) is 47. The van der Waals surface area contributed by atoms with Crippen molar-refractivity contribution < 1.29 is 122 Å². The van der Waals surface area contributed by atoms with E-state index in [1.54, 1.807) is 0 Å². The molecular weight excluding hydrogens is 1510 g/mol. The van der Waals surface area contributed by atoms with Gasteiger partial charge in [0.25, 0.3) is 0 Å². The second kappa shape index (κ2) is 69.4. The average Bonchev–Trinajstić information content (AvgIpc) is 0.754. The van der Waals surface area contributed by atoms with Gasteiger partial charge in [0.15, 0.2) is 24.8 Å². The van der Waals surface area contributed by atoms with Gasteiger partial charge in [-0.25, -0.2) is 4.57 Å². The number of aliphatic hydroxyl groups is 9. The smallest absolute Gasteiger partial charge is 0.463 e. The van der Waals surface area contributed by atoms with Gasteiger partial charge in [0, 0.05) is 25.7 Å². The van der Waals surface area contributed by atoms with Crippen LogP contribution < -0.4 is 0 Å². The first-order valence-corrected chi connectivity index (χ1v) is 48.1. The molecule has 3 rings (SSSR count). The number of phosphoric acid groups is 1. The van der Waals surface area contributed by atoms with Gasteiger partial charge >= 0.3 is 31.7 Å². The fourth-order valence-corrected chi connectivity index (χ4v) is 16.2. The van der Waals surface area contributed by atoms with Crippen molar-refractivity contribution in [3.05, 3.63) is 24.3 Å². The lowest BCUT2D eigenvalue weighted by atomic mass is 9.84. The van der Waals surface area contributed by atoms with E-state index in [1.807, 2.05) is 0 Å². The van der Waals surface area contributed by atoms with Gasteiger partial charge < -0.3 is 88.7 Å². The van der Waals surface area contributed by atoms with E-state index >= 15 is 0 Å². The van der Waals surface area contributed by atoms with E-state index in [1.165, 1.54) is 167 Å². The van der Waals surface area contributed by atoms with Crippen molar-refractivity contribution in [1.29, 1.82) is 0 Å². The van der Waals surface area contributed by atoms with Crippen LogP contribution in [0.3, 0.4) is 0 Å². The predicted octanol–water partition coefficient (Wildman–Crippen LogP) is 16.9. The molecule has 116 heavy (non-hydrogen) atoms. The molecule has 18 atom stereocenters. The largest absolute Gasteiger partial charge is 0.472 e. The minimum Gasteiger partial charge on any atom is -0.463 e. The first-order valence-electron chi connectivity index (χ1n) is 46.6. The van der Waals surface area contributed by atoms with Crippen LogP contribution in [-0.2, 0) is 70.7 Å². The Morgan fingerprint density at radius 3 is 1.04 bits per heavy atom. The maximum absolute atomic E-state index is 14.9. The molecule has 0 amide bonds. The topological polar surface area (TPSA) is 380 Å². The first kappa shape index (κ1) is 107. The van der Waals surface area contributed by atoms with Crippen molar-refractivity contribution in [1.82, 2.24) is 0 Å². The fraction of sp³-hybridized carbons (Fsp3) is 0.911. The van der Waals surface area contributed by atoms with Crippen molar-refractivity contribution in [3.63, 3.8) is 0 Å². The highest BCUT2D eigenvalue weighted by Crippen LogP contribution is 2.49. The van der Waals surface area contributed by atoms with Gasteiger partial charge in [-0.1, -0.05) is 315 Å². The summed E-state index contributed by atoms with van der Waals surface area (Å²) < 4.78 is 73.4. The molecule has 18 unspecified atom stereocenters. The third kappa shape index (κ3) is 49.3. The Morgan fingerprint density at radius 1 is 0.336 bits per heavy atom. The van der Waals surface area contributed by atoms with Gasteiger partial charge in [-0.3, -0.25) is 28.2 Å². The lowest BCUT2D eigenvalue weighted by molar-refractivity contribution is -0.360. The molecule has 2 aliphatic heterocycles. The SMILES string of the molecule is CCCCCC/C=C\CCCCCCCCCC(=O)OC1C(O)C(O)C(OC2OC(CO)C(O)C(O)C2O)C(OP(=O)(O)OCC(COC(=O)CCCCCCCCCCCCCCCCCC)OC(=O)CCCCCCCCCCCCCCC)C1OC1OC(COC(=O)CCCCC/C=C\CCCCCCCC)C(O)C(O)C1O. The number of ether oxygens (including phenoxy) is 8. The summed E-state index contributed by atoms with van der Waals surface area (Å²) in [5.41, 5.74) is 0. The Balaban J connectivity index is 1.92. The molecule has 3 fully saturated rings. The number of hydrogen-bond acceptors (Lipinski definition) is 24. The highest BCUT2D eigenvalue weighted by Gasteiger charge is 2.60. The number of rotatable bonds is 75. The van der Waals surface area contributed by atoms with Crippen LogP contribution in [0.2, 0.25) is 0 Å². The normalized spacial score (nSPS) is 25.2. The summed E-state index contributed by atoms with van der Waals surface area (Å²) in [6, 6.07) is 0. The molecule has 3 aliphatic rings. The van der Waals surface area contributed by atoms with Crippen molar-refractivity contribution in [3.8, 4) is 0 Å². The van der Waals surface area contributed by atoms with Crippen molar-refractivity contribution in [2.24, 2.45) is 0 Å². The Hall–Kier alpha value is -3.05. The molecule has 0 aromatic rings. The summed E-state index contributed by atoms with van der Waals surface area (Å²) in [6.07, 6.45) is 28.9. The number of carbonyl (C=O) groups excluding carboxylic acids is 4. The Bertz CT molecular complexity index is 2510. The molecule has 0 radical (unpaired) electrons. The van der Waals surface area contributed by atoms with Gasteiger partial charge in [0.05, 0.1) is 13.2 Å². The van der Waals surface area contributed by atoms with Crippen molar-refractivity contribution >= 4 is 31.7 Å². The summed E-state index contributed by atoms with van der Waals surface area (Å²) in [6.45, 7) is 5.57. The predicted molar refractivity (Wildman–Crippen MR) is 449 cm³/mol. The molecule has 25 nitrogen and oxygen atoms in total. The summed E-state index contributed by atoms with van der Waals surface area (Å²) >= 11 is 0. The quantitative estimate of drug-likeness (QED) is 0.00889. The van der Waals surface area contributed by atoms with E-state index in [2.05, 4.69) is 52.0 Å². The van der Waals surface area contributed by atoms with E-state index < -0.39 is 162 Å². The zero-order valence-corrected chi connectivity index (χ0v) is 73.2. The highest BCUT2D eigenvalue weighted by atomic mass is 31.2. The average molecular weight is 1680 g/mol. The lowest BCUT2D eigenvalue weighted by Gasteiger charge is -2.50. The number of allylic oxidation sites excluding steroid dienone is 4. The van der Waals surface area contributed by atoms with E-state index in [9.17, 15) is 74.6 Å². The summed E-state index contributed by atoms with van der Waals surface area (Å²) in [5.74, 6) is -2.98. The minimum atomic E-state index is -5.81. The van der Waals surface area contributed by atoms with E-state index in [4.69, 9.17) is 46.9 Å². The van der Waals surface area contributed by atoms with Gasteiger partial charge in [-0.15, -0.1) is 0 Å². The van der Waals surface area contributed by atoms with Crippen LogP contribution in [0.4, 0.5) is 0 Å². The number of carbonyl (C=O) groups is 4. The minimum absolute atomic E-state index is 0.00622. The molecule has 680 valence electrons. The Morgan fingerprint density at radius 2 is 0.647 bits per heavy atom. The Kier molecular flexibility index (Phi) is 64.1. The van der Waals surface area contributed by atoms with Crippen molar-refractivity contribution in [2.45, 2.75) is 498 Å². The lowest BCUT2D eigenvalue weighted by Crippen LogP contribution is -2.70. The van der Waals surface area contributed by atoms with E-state index in [-0.39, 0.29) is 25.7 Å². The molecule has 1 saturated carbocycles. The van der Waals surface area contributed by atoms with Crippen LogP contribution in [0.25, 0.3) is 0 Å². The third-order valence-electron chi connectivity index (χ3n) is 22.7. The Labute approximate surface area is 698 Å². The number of phosphoric ester groups is 1. The molecule has 0 spiro atoms. The molecule has 1 aliphatic carbocycles. The molecule has 26 heteroatoms. The van der Waals surface area contributed by atoms with E-state index in [0.717, 1.165) is 135 Å². The molecule has 2 heterocycles.